The van der Waals surface area contributed by atoms with Gasteiger partial charge >= 0.3 is 0 Å². The van der Waals surface area contributed by atoms with Crippen molar-refractivity contribution in [2.45, 2.75) is 13.5 Å². The van der Waals surface area contributed by atoms with Crippen molar-refractivity contribution in [2.75, 3.05) is 20.3 Å². The second-order valence-electron chi connectivity index (χ2n) is 5.27. The van der Waals surface area contributed by atoms with E-state index >= 15 is 0 Å². The molecule has 0 aliphatic rings. The molecule has 1 heterocycles. The summed E-state index contributed by atoms with van der Waals surface area (Å²) in [6.07, 6.45) is 0. The van der Waals surface area contributed by atoms with E-state index < -0.39 is 0 Å². The molecule has 0 fully saturated rings. The Balaban J connectivity index is 1.98. The first-order valence-electron chi connectivity index (χ1n) is 7.68. The molecule has 0 radical (unpaired) electrons. The molecule has 0 aliphatic heterocycles. The van der Waals surface area contributed by atoms with Gasteiger partial charge in [-0.25, -0.2) is 4.98 Å². The van der Waals surface area contributed by atoms with Gasteiger partial charge in [-0.15, -0.1) is 0 Å². The van der Waals surface area contributed by atoms with Crippen molar-refractivity contribution in [1.82, 2.24) is 15.6 Å². The molecular weight excluding hydrogens is 306 g/mol. The van der Waals surface area contributed by atoms with Crippen LogP contribution >= 0.6 is 0 Å². The van der Waals surface area contributed by atoms with Crippen molar-refractivity contribution in [3.8, 4) is 0 Å². The number of aryl methyl sites for hydroxylation is 1. The predicted octanol–water partition coefficient (Wildman–Crippen LogP) is 1.70. The van der Waals surface area contributed by atoms with Crippen LogP contribution in [-0.2, 0) is 11.3 Å². The number of nitrogens with one attached hydrogen (secondary N) is 2. The molecule has 1 aromatic heterocycles. The van der Waals surface area contributed by atoms with Crippen LogP contribution in [0.2, 0.25) is 0 Å². The molecule has 2 rings (SSSR count). The summed E-state index contributed by atoms with van der Waals surface area (Å²) in [4.78, 5) is 28.3. The fourth-order valence-electron chi connectivity index (χ4n) is 2.12. The predicted molar refractivity (Wildman–Crippen MR) is 90.8 cm³/mol. The van der Waals surface area contributed by atoms with Crippen molar-refractivity contribution in [2.24, 2.45) is 0 Å². The normalized spacial score (nSPS) is 10.2. The summed E-state index contributed by atoms with van der Waals surface area (Å²) in [6, 6.07) is 12.6. The van der Waals surface area contributed by atoms with Crippen molar-refractivity contribution in [3.63, 3.8) is 0 Å². The minimum absolute atomic E-state index is 0.203. The van der Waals surface area contributed by atoms with Crippen LogP contribution in [-0.4, -0.2) is 37.1 Å². The highest BCUT2D eigenvalue weighted by atomic mass is 16.5. The van der Waals surface area contributed by atoms with Crippen LogP contribution in [0.15, 0.2) is 42.5 Å². The molecule has 126 valence electrons. The van der Waals surface area contributed by atoms with Crippen LogP contribution in [0.5, 0.6) is 0 Å². The first-order chi connectivity index (χ1) is 11.6. The number of carbonyl (C=O) groups excluding carboxylic acids is 2. The van der Waals surface area contributed by atoms with Gasteiger partial charge in [-0.1, -0.05) is 30.3 Å². The summed E-state index contributed by atoms with van der Waals surface area (Å²) in [6.45, 7) is 3.21. The maximum Gasteiger partial charge on any atom is 0.270 e. The van der Waals surface area contributed by atoms with Crippen molar-refractivity contribution < 1.29 is 14.3 Å². The smallest absolute Gasteiger partial charge is 0.270 e. The Morgan fingerprint density at radius 3 is 2.33 bits per heavy atom. The van der Waals surface area contributed by atoms with Gasteiger partial charge in [0.1, 0.15) is 11.4 Å². The molecule has 0 spiro atoms. The van der Waals surface area contributed by atoms with Crippen LogP contribution in [0, 0.1) is 6.92 Å². The lowest BCUT2D eigenvalue weighted by Gasteiger charge is -2.08. The number of aromatic nitrogens is 1. The zero-order valence-corrected chi connectivity index (χ0v) is 13.8. The summed E-state index contributed by atoms with van der Waals surface area (Å²) in [5, 5.41) is 5.49. The van der Waals surface area contributed by atoms with Crippen molar-refractivity contribution in [1.29, 1.82) is 0 Å². The number of carbonyl (C=O) groups is 2. The molecule has 24 heavy (non-hydrogen) atoms. The third-order valence-electron chi connectivity index (χ3n) is 3.51. The lowest BCUT2D eigenvalue weighted by molar-refractivity contribution is 0.0930. The van der Waals surface area contributed by atoms with Gasteiger partial charge in [0.25, 0.3) is 11.8 Å². The highest BCUT2D eigenvalue weighted by Gasteiger charge is 2.12. The first kappa shape index (κ1) is 17.6. The number of rotatable bonds is 7. The van der Waals surface area contributed by atoms with Crippen LogP contribution in [0.3, 0.4) is 0 Å². The number of nitrogens with zero attached hydrogens (tertiary/aromatic N) is 1. The van der Waals surface area contributed by atoms with E-state index in [1.807, 2.05) is 31.2 Å². The molecule has 0 atom stereocenters. The fourth-order valence-corrected chi connectivity index (χ4v) is 2.12. The number of amides is 2. The van der Waals surface area contributed by atoms with Crippen LogP contribution in [0.4, 0.5) is 0 Å². The Labute approximate surface area is 141 Å². The second kappa shape index (κ2) is 8.79. The van der Waals surface area contributed by atoms with E-state index in [-0.39, 0.29) is 23.2 Å². The van der Waals surface area contributed by atoms with Gasteiger partial charge in [0, 0.05) is 20.2 Å². The second-order valence-corrected chi connectivity index (χ2v) is 5.27. The monoisotopic (exact) mass is 327 g/mol. The zero-order chi connectivity index (χ0) is 17.4. The maximum atomic E-state index is 12.2. The summed E-state index contributed by atoms with van der Waals surface area (Å²) < 4.78 is 4.87. The molecule has 0 saturated heterocycles. The van der Waals surface area contributed by atoms with Gasteiger partial charge in [0.2, 0.25) is 0 Å². The first-order valence-corrected chi connectivity index (χ1v) is 7.68. The molecule has 6 heteroatoms. The number of hydrogen-bond acceptors (Lipinski definition) is 4. The molecule has 1 aromatic carbocycles. The van der Waals surface area contributed by atoms with E-state index in [0.29, 0.717) is 19.7 Å². The molecule has 0 saturated carbocycles. The molecule has 0 bridgehead atoms. The van der Waals surface area contributed by atoms with E-state index in [2.05, 4.69) is 15.6 Å². The van der Waals surface area contributed by atoms with Crippen LogP contribution < -0.4 is 10.6 Å². The summed E-state index contributed by atoms with van der Waals surface area (Å²) in [5.74, 6) is -0.648. The van der Waals surface area contributed by atoms with Gasteiger partial charge in [-0.3, -0.25) is 9.59 Å². The Kier molecular flexibility index (Phi) is 6.45. The Bertz CT molecular complexity index is 716. The standard InChI is InChI=1S/C18H21N3O3/c1-13-6-3-4-7-14(13)12-20-18(23)16-9-5-8-15(21-16)17(22)19-10-11-24-2/h3-9H,10-12H2,1-2H3,(H,19,22)(H,20,23). The number of hydrogen-bond donors (Lipinski definition) is 2. The zero-order valence-electron chi connectivity index (χ0n) is 13.8. The Hall–Kier alpha value is -2.73. The number of pyridine rings is 1. The highest BCUT2D eigenvalue weighted by molar-refractivity contribution is 5.96. The van der Waals surface area contributed by atoms with Gasteiger partial charge in [-0.2, -0.15) is 0 Å². The molecule has 0 aliphatic carbocycles. The summed E-state index contributed by atoms with van der Waals surface area (Å²) in [7, 11) is 1.56. The Morgan fingerprint density at radius 1 is 1.00 bits per heavy atom. The third-order valence-corrected chi connectivity index (χ3v) is 3.51. The van der Waals surface area contributed by atoms with Gasteiger partial charge in [0.15, 0.2) is 0 Å². The van der Waals surface area contributed by atoms with Crippen molar-refractivity contribution >= 4 is 11.8 Å². The summed E-state index contributed by atoms with van der Waals surface area (Å²) >= 11 is 0. The number of methoxy groups -OCH3 is 1. The largest absolute Gasteiger partial charge is 0.383 e. The van der Waals surface area contributed by atoms with Crippen molar-refractivity contribution in [3.05, 3.63) is 65.0 Å². The third kappa shape index (κ3) is 4.89. The van der Waals surface area contributed by atoms with E-state index in [1.54, 1.807) is 25.3 Å². The van der Waals surface area contributed by atoms with Crippen LogP contribution in [0.1, 0.15) is 32.1 Å². The minimum Gasteiger partial charge on any atom is -0.383 e. The SMILES string of the molecule is COCCNC(=O)c1cccc(C(=O)NCc2ccccc2C)n1. The Morgan fingerprint density at radius 2 is 1.67 bits per heavy atom. The van der Waals surface area contributed by atoms with Gasteiger partial charge in [0.05, 0.1) is 6.61 Å². The highest BCUT2D eigenvalue weighted by Crippen LogP contribution is 2.07. The molecule has 2 amide bonds. The molecule has 2 aromatic rings. The summed E-state index contributed by atoms with van der Waals surface area (Å²) in [5.41, 5.74) is 2.56. The van der Waals surface area contributed by atoms with Crippen LogP contribution in [0.25, 0.3) is 0 Å². The maximum absolute atomic E-state index is 12.2. The fraction of sp³-hybridized carbons (Fsp3) is 0.278. The average molecular weight is 327 g/mol. The van der Waals surface area contributed by atoms with E-state index in [0.717, 1.165) is 11.1 Å². The lowest BCUT2D eigenvalue weighted by Crippen LogP contribution is -2.29. The molecule has 6 nitrogen and oxygen atoms in total. The quantitative estimate of drug-likeness (QED) is 0.759. The number of benzene rings is 1. The average Bonchev–Trinajstić information content (AvgIpc) is 2.61. The molecule has 2 N–H and O–H groups in total. The number of ether oxygens (including phenoxy) is 1. The van der Waals surface area contributed by atoms with E-state index in [9.17, 15) is 9.59 Å². The molecule has 0 unspecified atom stereocenters. The van der Waals surface area contributed by atoms with E-state index in [1.165, 1.54) is 0 Å². The van der Waals surface area contributed by atoms with Gasteiger partial charge in [-0.05, 0) is 30.2 Å². The lowest BCUT2D eigenvalue weighted by atomic mass is 10.1. The van der Waals surface area contributed by atoms with E-state index in [4.69, 9.17) is 4.74 Å². The van der Waals surface area contributed by atoms with Gasteiger partial charge < -0.3 is 15.4 Å². The minimum atomic E-state index is -0.333. The topological polar surface area (TPSA) is 80.3 Å². The molecular formula is C18H21N3O3.